The van der Waals surface area contributed by atoms with E-state index < -0.39 is 5.82 Å². The molecule has 0 unspecified atom stereocenters. The van der Waals surface area contributed by atoms with Crippen molar-refractivity contribution >= 4 is 27.5 Å². The number of aromatic nitrogens is 3. The number of nitrogens with one attached hydrogen (secondary N) is 1. The van der Waals surface area contributed by atoms with Crippen LogP contribution in [0.15, 0.2) is 30.5 Å². The second-order valence-corrected chi connectivity index (χ2v) is 14.1. The molecule has 10 nitrogen and oxygen atoms in total. The van der Waals surface area contributed by atoms with Gasteiger partial charge in [0.25, 0.3) is 0 Å². The Hall–Kier alpha value is -3.71. The number of pyridine rings is 1. The zero-order chi connectivity index (χ0) is 33.8. The number of piperazine rings is 1. The van der Waals surface area contributed by atoms with Gasteiger partial charge in [0.1, 0.15) is 35.2 Å². The summed E-state index contributed by atoms with van der Waals surface area (Å²) >= 11 is 0. The number of anilines is 1. The van der Waals surface area contributed by atoms with Gasteiger partial charge in [0.2, 0.25) is 0 Å². The van der Waals surface area contributed by atoms with Gasteiger partial charge < -0.3 is 29.5 Å². The number of hydrogen-bond donors (Lipinski definition) is 2. The molecule has 6 heterocycles. The third-order valence-electron chi connectivity index (χ3n) is 11.2. The van der Waals surface area contributed by atoms with Crippen molar-refractivity contribution in [2.75, 3.05) is 64.1 Å². The number of ether oxygens (including phenoxy) is 3. The molecular formula is C37H44F2N6O4. The van der Waals surface area contributed by atoms with E-state index in [1.54, 1.807) is 18.3 Å². The number of aromatic hydroxyl groups is 1. The van der Waals surface area contributed by atoms with Crippen LogP contribution in [-0.4, -0.2) is 101 Å². The standard InChI is InChI=1S/C37H44F2N6O4/c1-3-26-29(38)8-7-23-15-24(46)16-27(30(23)26)32-31(39)33-28(18-40-32)34-43-35(42-33)49-22-37-9-5-11-45(37)19-25(17-37)48-14-6-13-47-21-36(4-2)20-44(34)12-10-41-36/h7-8,15-16,18,25,41,46H,3-6,9-14,17,19-22H2,1-2H3/t25-,36-,37-/m1/s1. The van der Waals surface area contributed by atoms with Crippen LogP contribution < -0.4 is 15.0 Å². The molecule has 4 aliphatic heterocycles. The van der Waals surface area contributed by atoms with Gasteiger partial charge in [0, 0.05) is 51.2 Å². The smallest absolute Gasteiger partial charge is 0.319 e. The largest absolute Gasteiger partial charge is 0.508 e. The molecule has 49 heavy (non-hydrogen) atoms. The predicted octanol–water partition coefficient (Wildman–Crippen LogP) is 5.37. The number of phenolic OH excluding ortho intramolecular Hbond substituents is 1. The molecule has 3 fully saturated rings. The van der Waals surface area contributed by atoms with Crippen molar-refractivity contribution in [3.8, 4) is 23.0 Å². The van der Waals surface area contributed by atoms with Gasteiger partial charge in [-0.2, -0.15) is 9.97 Å². The van der Waals surface area contributed by atoms with Gasteiger partial charge in [-0.3, -0.25) is 9.88 Å². The number of aryl methyl sites for hydroxylation is 1. The van der Waals surface area contributed by atoms with Crippen LogP contribution in [0.5, 0.6) is 11.8 Å². The first-order valence-electron chi connectivity index (χ1n) is 17.7. The van der Waals surface area contributed by atoms with Crippen LogP contribution in [0.4, 0.5) is 14.6 Å². The summed E-state index contributed by atoms with van der Waals surface area (Å²) in [5.41, 5.74) is 0.267. The van der Waals surface area contributed by atoms with Crippen LogP contribution in [0, 0.1) is 11.6 Å². The Morgan fingerprint density at radius 3 is 2.84 bits per heavy atom. The summed E-state index contributed by atoms with van der Waals surface area (Å²) in [4.78, 5) is 18.9. The van der Waals surface area contributed by atoms with Crippen molar-refractivity contribution in [1.29, 1.82) is 0 Å². The number of halogens is 2. The van der Waals surface area contributed by atoms with Gasteiger partial charge in [-0.15, -0.1) is 0 Å². The first-order chi connectivity index (χ1) is 23.8. The van der Waals surface area contributed by atoms with Gasteiger partial charge in [-0.05, 0) is 79.6 Å². The molecule has 8 rings (SSSR count). The Labute approximate surface area is 284 Å². The molecule has 2 aromatic carbocycles. The van der Waals surface area contributed by atoms with E-state index in [0.29, 0.717) is 85.6 Å². The number of benzene rings is 2. The molecule has 1 spiro atoms. The summed E-state index contributed by atoms with van der Waals surface area (Å²) in [7, 11) is 0. The van der Waals surface area contributed by atoms with Crippen molar-refractivity contribution in [3.05, 3.63) is 47.7 Å². The highest BCUT2D eigenvalue weighted by Crippen LogP contribution is 2.42. The number of phenols is 1. The first-order valence-corrected chi connectivity index (χ1v) is 17.7. The molecule has 2 aromatic heterocycles. The fraction of sp³-hybridized carbons (Fsp3) is 0.541. The summed E-state index contributed by atoms with van der Waals surface area (Å²) in [5, 5.41) is 15.9. The Kier molecular flexibility index (Phi) is 8.54. The van der Waals surface area contributed by atoms with E-state index in [1.165, 1.54) is 12.1 Å². The van der Waals surface area contributed by atoms with Gasteiger partial charge >= 0.3 is 6.01 Å². The van der Waals surface area contributed by atoms with E-state index in [1.807, 2.05) is 6.92 Å². The van der Waals surface area contributed by atoms with Crippen LogP contribution in [0.25, 0.3) is 32.9 Å². The average molecular weight is 675 g/mol. The maximum absolute atomic E-state index is 17.1. The maximum atomic E-state index is 17.1. The molecule has 3 atom stereocenters. The summed E-state index contributed by atoms with van der Waals surface area (Å²) in [6.07, 6.45) is 6.66. The first kappa shape index (κ1) is 32.5. The van der Waals surface area contributed by atoms with E-state index in [0.717, 1.165) is 45.2 Å². The number of nitrogens with zero attached hydrogens (tertiary/aromatic N) is 5. The Morgan fingerprint density at radius 2 is 1.98 bits per heavy atom. The molecule has 260 valence electrons. The minimum absolute atomic E-state index is 0.0179. The zero-order valence-electron chi connectivity index (χ0n) is 28.2. The number of hydrogen-bond acceptors (Lipinski definition) is 10. The fourth-order valence-electron chi connectivity index (χ4n) is 8.58. The van der Waals surface area contributed by atoms with Crippen molar-refractivity contribution in [1.82, 2.24) is 25.2 Å². The quantitative estimate of drug-likeness (QED) is 0.295. The summed E-state index contributed by atoms with van der Waals surface area (Å²) in [6, 6.07) is 6.08. The molecule has 12 heteroatoms. The van der Waals surface area contributed by atoms with Gasteiger partial charge in [0.15, 0.2) is 5.82 Å². The predicted molar refractivity (Wildman–Crippen MR) is 183 cm³/mol. The molecular weight excluding hydrogens is 630 g/mol. The van der Waals surface area contributed by atoms with Crippen LogP contribution in [0.2, 0.25) is 0 Å². The van der Waals surface area contributed by atoms with Gasteiger partial charge in [-0.25, -0.2) is 8.78 Å². The van der Waals surface area contributed by atoms with E-state index in [9.17, 15) is 5.11 Å². The second kappa shape index (κ2) is 12.9. The Balaban J connectivity index is 1.28. The van der Waals surface area contributed by atoms with E-state index >= 15 is 8.78 Å². The lowest BCUT2D eigenvalue weighted by atomic mass is 9.93. The average Bonchev–Trinajstić information content (AvgIpc) is 3.65. The molecule has 2 N–H and O–H groups in total. The van der Waals surface area contributed by atoms with Crippen molar-refractivity contribution < 1.29 is 28.1 Å². The normalized spacial score (nSPS) is 26.5. The minimum atomic E-state index is -0.676. The third kappa shape index (κ3) is 5.76. The maximum Gasteiger partial charge on any atom is 0.319 e. The highest BCUT2D eigenvalue weighted by Gasteiger charge is 2.49. The summed E-state index contributed by atoms with van der Waals surface area (Å²) in [6.45, 7) is 9.90. The third-order valence-corrected chi connectivity index (χ3v) is 11.2. The number of fused-ring (bicyclic) bond motifs is 9. The summed E-state index contributed by atoms with van der Waals surface area (Å²) in [5.74, 6) is -0.575. The molecule has 0 amide bonds. The zero-order valence-corrected chi connectivity index (χ0v) is 28.2. The van der Waals surface area contributed by atoms with Crippen LogP contribution in [0.3, 0.4) is 0 Å². The molecule has 0 aliphatic carbocycles. The Morgan fingerprint density at radius 1 is 1.08 bits per heavy atom. The van der Waals surface area contributed by atoms with E-state index in [2.05, 4.69) is 27.0 Å². The van der Waals surface area contributed by atoms with Crippen molar-refractivity contribution in [2.45, 2.75) is 69.6 Å². The van der Waals surface area contributed by atoms with E-state index in [-0.39, 0.29) is 46.0 Å². The van der Waals surface area contributed by atoms with Crippen molar-refractivity contribution in [3.63, 3.8) is 0 Å². The van der Waals surface area contributed by atoms with Crippen molar-refractivity contribution in [2.24, 2.45) is 0 Å². The molecule has 6 bridgehead atoms. The molecule has 0 radical (unpaired) electrons. The molecule has 4 aromatic rings. The minimum Gasteiger partial charge on any atom is -0.508 e. The van der Waals surface area contributed by atoms with Gasteiger partial charge in [-0.1, -0.05) is 19.9 Å². The molecule has 4 aliphatic rings. The van der Waals surface area contributed by atoms with Crippen LogP contribution >= 0.6 is 0 Å². The fourth-order valence-corrected chi connectivity index (χ4v) is 8.58. The van der Waals surface area contributed by atoms with Gasteiger partial charge in [0.05, 0.1) is 29.2 Å². The highest BCUT2D eigenvalue weighted by atomic mass is 19.1. The monoisotopic (exact) mass is 674 g/mol. The highest BCUT2D eigenvalue weighted by molar-refractivity contribution is 6.01. The summed E-state index contributed by atoms with van der Waals surface area (Å²) < 4.78 is 51.2. The topological polar surface area (TPSA) is 105 Å². The molecule has 3 saturated heterocycles. The lowest BCUT2D eigenvalue weighted by Crippen LogP contribution is -2.63. The lowest BCUT2D eigenvalue weighted by Gasteiger charge is -2.44. The van der Waals surface area contributed by atoms with Crippen LogP contribution in [-0.2, 0) is 15.9 Å². The van der Waals surface area contributed by atoms with Crippen LogP contribution in [0.1, 0.15) is 51.5 Å². The second-order valence-electron chi connectivity index (χ2n) is 14.1. The lowest BCUT2D eigenvalue weighted by molar-refractivity contribution is 0.0211. The Bertz CT molecular complexity index is 1900. The number of rotatable bonds is 3. The van der Waals surface area contributed by atoms with E-state index in [4.69, 9.17) is 24.2 Å². The SMILES string of the molecule is CCc1c(F)ccc2cc(O)cc(-c3ncc4c5nc(nc4c3F)OC[C@]34CCCN3C[C@@H](C4)OCCCOC[C@@]3(CC)CN5CCN3)c12. The molecule has 0 saturated carbocycles.